The summed E-state index contributed by atoms with van der Waals surface area (Å²) < 4.78 is 75.1. The summed E-state index contributed by atoms with van der Waals surface area (Å²) in [5.41, 5.74) is -2.65. The third-order valence-corrected chi connectivity index (χ3v) is 2.54. The average molecular weight is 307 g/mol. The van der Waals surface area contributed by atoms with Crippen LogP contribution in [0.15, 0.2) is 18.2 Å². The van der Waals surface area contributed by atoms with E-state index in [-0.39, 0.29) is 24.0 Å². The summed E-state index contributed by atoms with van der Waals surface area (Å²) in [4.78, 5) is 0. The molecule has 1 rings (SSSR count). The van der Waals surface area contributed by atoms with E-state index in [1.165, 1.54) is 14.0 Å². The molecule has 1 nitrogen and oxygen atoms in total. The Kier molecular flexibility index (Phi) is 5.70. The van der Waals surface area contributed by atoms with E-state index < -0.39 is 29.5 Å². The Hall–Kier alpha value is -0.950. The van der Waals surface area contributed by atoms with Crippen molar-refractivity contribution in [2.24, 2.45) is 0 Å². The third kappa shape index (κ3) is 4.58. The van der Waals surface area contributed by atoms with E-state index in [0.717, 1.165) is 12.1 Å². The first-order valence-electron chi connectivity index (χ1n) is 5.02. The minimum Gasteiger partial charge on any atom is -1.00 e. The van der Waals surface area contributed by atoms with Crippen LogP contribution in [0.2, 0.25) is 0 Å². The highest BCUT2D eigenvalue weighted by atomic mass is 35.5. The van der Waals surface area contributed by atoms with Crippen LogP contribution in [0.1, 0.15) is 29.7 Å². The molecule has 19 heavy (non-hydrogen) atoms. The lowest BCUT2D eigenvalue weighted by molar-refractivity contribution is -0.143. The molecule has 0 saturated heterocycles. The molecule has 0 amide bonds. The molecule has 1 atom stereocenters. The lowest BCUT2D eigenvalue weighted by atomic mass is 10.0. The van der Waals surface area contributed by atoms with Gasteiger partial charge in [-0.2, -0.15) is 26.3 Å². The molecule has 0 radical (unpaired) electrons. The molecule has 1 aromatic carbocycles. The van der Waals surface area contributed by atoms with Gasteiger partial charge >= 0.3 is 12.4 Å². The number of hydrogen-bond donors (Lipinski definition) is 1. The summed E-state index contributed by atoms with van der Waals surface area (Å²) in [6.45, 7) is 1.48. The molecule has 0 fully saturated rings. The predicted octanol–water partition coefficient (Wildman–Crippen LogP) is 1.01. The van der Waals surface area contributed by atoms with Gasteiger partial charge in [0.15, 0.2) is 0 Å². The van der Waals surface area contributed by atoms with Crippen LogP contribution in [0.4, 0.5) is 26.3 Å². The molecule has 0 aliphatic heterocycles. The Morgan fingerprint density at radius 2 is 1.26 bits per heavy atom. The van der Waals surface area contributed by atoms with Gasteiger partial charge in [-0.1, -0.05) is 0 Å². The minimum absolute atomic E-state index is 0. The smallest absolute Gasteiger partial charge is 0.416 e. The molecule has 0 aliphatic carbocycles. The van der Waals surface area contributed by atoms with Gasteiger partial charge in [-0.05, 0) is 37.7 Å². The van der Waals surface area contributed by atoms with E-state index in [1.54, 1.807) is 0 Å². The van der Waals surface area contributed by atoms with Gasteiger partial charge in [0, 0.05) is 6.04 Å². The average Bonchev–Trinajstić information content (AvgIpc) is 2.25. The van der Waals surface area contributed by atoms with E-state index in [2.05, 4.69) is 5.32 Å². The quantitative estimate of drug-likeness (QED) is 0.804. The second kappa shape index (κ2) is 6.00. The predicted molar refractivity (Wildman–Crippen MR) is 53.9 cm³/mol. The van der Waals surface area contributed by atoms with Crippen molar-refractivity contribution in [1.82, 2.24) is 5.32 Å². The van der Waals surface area contributed by atoms with E-state index in [4.69, 9.17) is 0 Å². The van der Waals surface area contributed by atoms with Crippen LogP contribution in [0.25, 0.3) is 0 Å². The second-order valence-corrected chi connectivity index (χ2v) is 3.85. The molecule has 0 spiro atoms. The van der Waals surface area contributed by atoms with Crippen molar-refractivity contribution in [2.45, 2.75) is 25.3 Å². The maximum atomic E-state index is 12.5. The second-order valence-electron chi connectivity index (χ2n) is 3.85. The molecule has 0 aromatic heterocycles. The third-order valence-electron chi connectivity index (χ3n) is 2.54. The maximum Gasteiger partial charge on any atom is 0.416 e. The van der Waals surface area contributed by atoms with Crippen LogP contribution in [0, 0.1) is 0 Å². The Labute approximate surface area is 112 Å². The van der Waals surface area contributed by atoms with E-state index >= 15 is 0 Å². The number of alkyl halides is 6. The monoisotopic (exact) mass is 306 g/mol. The minimum atomic E-state index is -4.80. The van der Waals surface area contributed by atoms with Crippen LogP contribution in [-0.2, 0) is 12.4 Å². The Bertz CT molecular complexity index is 394. The molecule has 0 unspecified atom stereocenters. The highest BCUT2D eigenvalue weighted by molar-refractivity contribution is 5.35. The number of nitrogens with one attached hydrogen (secondary N) is 1. The largest absolute Gasteiger partial charge is 1.00 e. The first-order chi connectivity index (χ1) is 8.05. The summed E-state index contributed by atoms with van der Waals surface area (Å²) in [5, 5.41) is 2.60. The zero-order valence-electron chi connectivity index (χ0n) is 9.96. The summed E-state index contributed by atoms with van der Waals surface area (Å²) in [5.74, 6) is 0. The molecule has 0 heterocycles. The standard InChI is InChI=1S/C11H11F6N.ClH/c1-6(18-2)7-3-8(10(12,13)14)5-9(4-7)11(15,16)17;/h3-6,18H,1-2H3;1H/p-1/t6-;/m0./s1. The molecule has 8 heteroatoms. The van der Waals surface area contributed by atoms with Crippen LogP contribution in [0.5, 0.6) is 0 Å². The van der Waals surface area contributed by atoms with Crippen molar-refractivity contribution in [3.8, 4) is 0 Å². The first kappa shape index (κ1) is 18.0. The first-order valence-corrected chi connectivity index (χ1v) is 5.02. The van der Waals surface area contributed by atoms with Gasteiger partial charge in [0.1, 0.15) is 0 Å². The summed E-state index contributed by atoms with van der Waals surface area (Å²) in [6.07, 6.45) is -9.60. The Balaban J connectivity index is 0.00000324. The van der Waals surface area contributed by atoms with Gasteiger partial charge in [-0.15, -0.1) is 0 Å². The van der Waals surface area contributed by atoms with E-state index in [9.17, 15) is 26.3 Å². The number of halogens is 7. The topological polar surface area (TPSA) is 12.0 Å². The van der Waals surface area contributed by atoms with E-state index in [1.807, 2.05) is 0 Å². The van der Waals surface area contributed by atoms with Gasteiger partial charge in [0.25, 0.3) is 0 Å². The maximum absolute atomic E-state index is 12.5. The highest BCUT2D eigenvalue weighted by Gasteiger charge is 2.37. The number of hydrogen-bond acceptors (Lipinski definition) is 1. The zero-order valence-corrected chi connectivity index (χ0v) is 10.7. The molecule has 1 aromatic rings. The van der Waals surface area contributed by atoms with Gasteiger partial charge in [0.05, 0.1) is 11.1 Å². The Morgan fingerprint density at radius 3 is 1.53 bits per heavy atom. The van der Waals surface area contributed by atoms with Crippen LogP contribution in [-0.4, -0.2) is 7.05 Å². The summed E-state index contributed by atoms with van der Waals surface area (Å²) >= 11 is 0. The molecular formula is C11H11ClF6N-. The van der Waals surface area contributed by atoms with Crippen LogP contribution < -0.4 is 17.7 Å². The van der Waals surface area contributed by atoms with Gasteiger partial charge in [0.2, 0.25) is 0 Å². The molecule has 0 saturated carbocycles. The van der Waals surface area contributed by atoms with Crippen LogP contribution >= 0.6 is 0 Å². The SMILES string of the molecule is CN[C@@H](C)c1cc(C(F)(F)F)cc(C(F)(F)F)c1.[Cl-]. The molecule has 1 N–H and O–H groups in total. The van der Waals surface area contributed by atoms with E-state index in [0.29, 0.717) is 0 Å². The fraction of sp³-hybridized carbons (Fsp3) is 0.455. The van der Waals surface area contributed by atoms with Crippen molar-refractivity contribution < 1.29 is 38.7 Å². The van der Waals surface area contributed by atoms with Crippen molar-refractivity contribution >= 4 is 0 Å². The normalized spacial score (nSPS) is 13.9. The lowest BCUT2D eigenvalue weighted by Gasteiger charge is -2.17. The molecule has 0 aliphatic rings. The van der Waals surface area contributed by atoms with Gasteiger partial charge in [-0.25, -0.2) is 0 Å². The summed E-state index contributed by atoms with van der Waals surface area (Å²) in [7, 11) is 1.46. The van der Waals surface area contributed by atoms with Crippen molar-refractivity contribution in [1.29, 1.82) is 0 Å². The fourth-order valence-corrected chi connectivity index (χ4v) is 1.40. The zero-order chi connectivity index (χ0) is 14.1. The number of benzene rings is 1. The lowest BCUT2D eigenvalue weighted by Crippen LogP contribution is -3.00. The summed E-state index contributed by atoms with van der Waals surface area (Å²) in [6, 6.07) is 0.951. The van der Waals surface area contributed by atoms with Crippen LogP contribution in [0.3, 0.4) is 0 Å². The molecule has 0 bridgehead atoms. The van der Waals surface area contributed by atoms with Crippen molar-refractivity contribution in [3.63, 3.8) is 0 Å². The fourth-order valence-electron chi connectivity index (χ4n) is 1.40. The molecule has 110 valence electrons. The van der Waals surface area contributed by atoms with Crippen molar-refractivity contribution in [3.05, 3.63) is 34.9 Å². The van der Waals surface area contributed by atoms with Crippen molar-refractivity contribution in [2.75, 3.05) is 7.05 Å². The molecular weight excluding hydrogens is 296 g/mol. The Morgan fingerprint density at radius 1 is 0.895 bits per heavy atom. The number of rotatable bonds is 2. The van der Waals surface area contributed by atoms with Gasteiger partial charge in [-0.3, -0.25) is 0 Å². The highest BCUT2D eigenvalue weighted by Crippen LogP contribution is 2.37. The van der Waals surface area contributed by atoms with Gasteiger partial charge < -0.3 is 17.7 Å².